The van der Waals surface area contributed by atoms with Crippen molar-refractivity contribution in [2.24, 2.45) is 5.10 Å². The Labute approximate surface area is 144 Å². The fraction of sp³-hybridized carbons (Fsp3) is 0.222. The smallest absolute Gasteiger partial charge is 0.303 e. The number of rotatable bonds is 5. The van der Waals surface area contributed by atoms with E-state index in [-0.39, 0.29) is 18.6 Å². The predicted octanol–water partition coefficient (Wildman–Crippen LogP) is 2.33. The lowest BCUT2D eigenvalue weighted by Crippen LogP contribution is -2.27. The van der Waals surface area contributed by atoms with Crippen molar-refractivity contribution in [2.45, 2.75) is 25.3 Å². The number of aliphatic carboxylic acids is 1. The van der Waals surface area contributed by atoms with Crippen LogP contribution in [0.4, 0.5) is 0 Å². The number of pyridine rings is 1. The third kappa shape index (κ3) is 3.65. The van der Waals surface area contributed by atoms with Crippen LogP contribution >= 0.6 is 0 Å². The van der Waals surface area contributed by atoms with Gasteiger partial charge in [-0.2, -0.15) is 5.10 Å². The van der Waals surface area contributed by atoms with Gasteiger partial charge >= 0.3 is 5.97 Å². The Balaban J connectivity index is 1.92. The van der Waals surface area contributed by atoms with Gasteiger partial charge in [-0.25, -0.2) is 5.01 Å². The van der Waals surface area contributed by atoms with Crippen LogP contribution in [-0.4, -0.2) is 37.8 Å². The Morgan fingerprint density at radius 3 is 2.64 bits per heavy atom. The highest BCUT2D eigenvalue weighted by Crippen LogP contribution is 2.37. The Morgan fingerprint density at radius 1 is 1.16 bits per heavy atom. The van der Waals surface area contributed by atoms with Crippen molar-refractivity contribution in [1.29, 1.82) is 0 Å². The minimum atomic E-state index is -1.04. The highest BCUT2D eigenvalue weighted by atomic mass is 16.4. The van der Waals surface area contributed by atoms with E-state index in [9.17, 15) is 14.7 Å². The van der Waals surface area contributed by atoms with Crippen molar-refractivity contribution >= 4 is 17.6 Å². The molecule has 1 aliphatic rings. The van der Waals surface area contributed by atoms with Crippen LogP contribution in [0, 0.1) is 0 Å². The van der Waals surface area contributed by atoms with E-state index < -0.39 is 17.9 Å². The molecule has 7 heteroatoms. The number of hydrazone groups is 1. The zero-order valence-corrected chi connectivity index (χ0v) is 13.4. The first kappa shape index (κ1) is 16.6. The van der Waals surface area contributed by atoms with E-state index in [0.29, 0.717) is 17.7 Å². The second-order valence-corrected chi connectivity index (χ2v) is 5.70. The molecule has 1 aromatic heterocycles. The normalized spacial score (nSPS) is 16.6. The average Bonchev–Trinajstić information content (AvgIpc) is 3.06. The zero-order chi connectivity index (χ0) is 17.8. The number of nitrogens with zero attached hydrogens (tertiary/aromatic N) is 3. The van der Waals surface area contributed by atoms with Gasteiger partial charge in [0.15, 0.2) is 0 Å². The first-order valence-electron chi connectivity index (χ1n) is 7.86. The maximum atomic E-state index is 12.5. The lowest BCUT2D eigenvalue weighted by molar-refractivity contribution is -0.141. The van der Waals surface area contributed by atoms with Gasteiger partial charge in [0.05, 0.1) is 18.2 Å². The van der Waals surface area contributed by atoms with Crippen LogP contribution < -0.4 is 0 Å². The summed E-state index contributed by atoms with van der Waals surface area (Å²) in [5.41, 5.74) is 2.04. The number of aromatic nitrogens is 1. The lowest BCUT2D eigenvalue weighted by Gasteiger charge is -2.22. The molecule has 0 radical (unpaired) electrons. The van der Waals surface area contributed by atoms with Crippen molar-refractivity contribution in [3.63, 3.8) is 0 Å². The van der Waals surface area contributed by atoms with Gasteiger partial charge in [0, 0.05) is 36.4 Å². The number of amides is 1. The summed E-state index contributed by atoms with van der Waals surface area (Å²) in [6.45, 7) is 0. The first-order valence-corrected chi connectivity index (χ1v) is 7.86. The second kappa shape index (κ2) is 7.12. The number of carbonyl (C=O) groups excluding carboxylic acids is 1. The third-order valence-corrected chi connectivity index (χ3v) is 4.01. The van der Waals surface area contributed by atoms with Gasteiger partial charge in [-0.05, 0) is 12.1 Å². The molecule has 2 N–H and O–H groups in total. The number of phenols is 1. The zero-order valence-electron chi connectivity index (χ0n) is 13.4. The van der Waals surface area contributed by atoms with Gasteiger partial charge in [0.1, 0.15) is 5.75 Å². The highest BCUT2D eigenvalue weighted by Gasteiger charge is 2.34. The Bertz CT molecular complexity index is 820. The molecule has 2 heterocycles. The number of phenolic OH excluding ortho intramolecular Hbond substituents is 1. The number of carboxylic acids is 1. The molecule has 25 heavy (non-hydrogen) atoms. The molecule has 0 unspecified atom stereocenters. The molecule has 0 aliphatic carbocycles. The van der Waals surface area contributed by atoms with Gasteiger partial charge in [0.25, 0.3) is 0 Å². The molecule has 2 aromatic rings. The molecule has 0 spiro atoms. The second-order valence-electron chi connectivity index (χ2n) is 5.70. The highest BCUT2D eigenvalue weighted by molar-refractivity contribution is 6.03. The van der Waals surface area contributed by atoms with Crippen molar-refractivity contribution in [3.05, 3.63) is 59.9 Å². The quantitative estimate of drug-likeness (QED) is 0.870. The molecule has 1 amide bonds. The summed E-state index contributed by atoms with van der Waals surface area (Å²) >= 11 is 0. The molecular formula is C18H17N3O4. The Morgan fingerprint density at radius 2 is 1.96 bits per heavy atom. The molecule has 0 bridgehead atoms. The minimum Gasteiger partial charge on any atom is -0.508 e. The molecule has 1 atom stereocenters. The topological polar surface area (TPSA) is 103 Å². The summed E-state index contributed by atoms with van der Waals surface area (Å²) in [4.78, 5) is 27.3. The number of aromatic hydroxyl groups is 1. The van der Waals surface area contributed by atoms with Gasteiger partial charge in [0.2, 0.25) is 5.91 Å². The van der Waals surface area contributed by atoms with Crippen LogP contribution in [0.15, 0.2) is 53.9 Å². The predicted molar refractivity (Wildman–Crippen MR) is 90.0 cm³/mol. The van der Waals surface area contributed by atoms with Crippen LogP contribution in [0.3, 0.4) is 0 Å². The average molecular weight is 339 g/mol. The third-order valence-electron chi connectivity index (χ3n) is 4.01. The molecule has 0 fully saturated rings. The van der Waals surface area contributed by atoms with E-state index in [0.717, 1.165) is 5.56 Å². The standard InChI is InChI=1S/C18H17N3O4/c22-16-6-2-1-5-13(16)15-10-14(12-4-3-9-19-11-12)20-21(15)17(23)7-8-18(24)25/h1-6,9,11,15,22H,7-8,10H2,(H,24,25)/t15-/m1/s1. The van der Waals surface area contributed by atoms with Gasteiger partial charge in [-0.1, -0.05) is 24.3 Å². The molecule has 128 valence electrons. The van der Waals surface area contributed by atoms with E-state index in [4.69, 9.17) is 5.11 Å². The van der Waals surface area contributed by atoms with E-state index in [2.05, 4.69) is 10.1 Å². The monoisotopic (exact) mass is 339 g/mol. The van der Waals surface area contributed by atoms with E-state index in [1.165, 1.54) is 5.01 Å². The fourth-order valence-electron chi connectivity index (χ4n) is 2.79. The summed E-state index contributed by atoms with van der Waals surface area (Å²) in [6, 6.07) is 9.92. The van der Waals surface area contributed by atoms with Crippen LogP contribution in [-0.2, 0) is 9.59 Å². The van der Waals surface area contributed by atoms with Gasteiger partial charge in [-0.15, -0.1) is 0 Å². The first-order chi connectivity index (χ1) is 12.1. The molecular weight excluding hydrogens is 322 g/mol. The fourth-order valence-corrected chi connectivity index (χ4v) is 2.79. The Hall–Kier alpha value is -3.22. The molecule has 0 saturated heterocycles. The molecule has 1 aromatic carbocycles. The maximum absolute atomic E-state index is 12.5. The maximum Gasteiger partial charge on any atom is 0.303 e. The summed E-state index contributed by atoms with van der Waals surface area (Å²) in [5.74, 6) is -1.36. The van der Waals surface area contributed by atoms with Crippen molar-refractivity contribution in [2.75, 3.05) is 0 Å². The van der Waals surface area contributed by atoms with Crippen LogP contribution in [0.5, 0.6) is 5.75 Å². The van der Waals surface area contributed by atoms with Crippen molar-refractivity contribution < 1.29 is 19.8 Å². The number of hydrogen-bond donors (Lipinski definition) is 2. The van der Waals surface area contributed by atoms with Crippen LogP contribution in [0.25, 0.3) is 0 Å². The number of benzene rings is 1. The number of para-hydroxylation sites is 1. The van der Waals surface area contributed by atoms with Gasteiger partial charge < -0.3 is 10.2 Å². The van der Waals surface area contributed by atoms with Crippen LogP contribution in [0.1, 0.15) is 36.4 Å². The molecule has 0 saturated carbocycles. The SMILES string of the molecule is O=C(O)CCC(=O)N1N=C(c2cccnc2)C[C@@H]1c1ccccc1O. The largest absolute Gasteiger partial charge is 0.508 e. The summed E-state index contributed by atoms with van der Waals surface area (Å²) < 4.78 is 0. The van der Waals surface area contributed by atoms with E-state index in [1.54, 1.807) is 42.7 Å². The van der Waals surface area contributed by atoms with Crippen molar-refractivity contribution in [1.82, 2.24) is 9.99 Å². The molecule has 3 rings (SSSR count). The molecule has 7 nitrogen and oxygen atoms in total. The lowest BCUT2D eigenvalue weighted by atomic mass is 9.98. The molecule has 1 aliphatic heterocycles. The van der Waals surface area contributed by atoms with Crippen molar-refractivity contribution in [3.8, 4) is 5.75 Å². The Kier molecular flexibility index (Phi) is 4.74. The van der Waals surface area contributed by atoms with Gasteiger partial charge in [-0.3, -0.25) is 14.6 Å². The summed E-state index contributed by atoms with van der Waals surface area (Å²) in [7, 11) is 0. The number of hydrogen-bond acceptors (Lipinski definition) is 5. The summed E-state index contributed by atoms with van der Waals surface area (Å²) in [6.07, 6.45) is 3.31. The van der Waals surface area contributed by atoms with Crippen LogP contribution in [0.2, 0.25) is 0 Å². The minimum absolute atomic E-state index is 0.0752. The summed E-state index contributed by atoms with van der Waals surface area (Å²) in [5, 5.41) is 24.6. The number of carbonyl (C=O) groups is 2. The van der Waals surface area contributed by atoms with E-state index in [1.807, 2.05) is 6.07 Å². The number of carboxylic acid groups (broad SMARTS) is 1. The van der Waals surface area contributed by atoms with E-state index >= 15 is 0 Å².